The van der Waals surface area contributed by atoms with Crippen molar-refractivity contribution in [1.82, 2.24) is 9.97 Å². The van der Waals surface area contributed by atoms with Crippen LogP contribution in [0, 0.1) is 13.8 Å². The maximum Gasteiger partial charge on any atom is 0.263 e. The van der Waals surface area contributed by atoms with Crippen molar-refractivity contribution in [3.05, 3.63) is 39.8 Å². The van der Waals surface area contributed by atoms with E-state index in [1.165, 1.54) is 0 Å². The molecule has 112 valence electrons. The highest BCUT2D eigenvalue weighted by Gasteiger charge is 2.23. The number of nitrogens with zero attached hydrogens (tertiary/aromatic N) is 2. The lowest BCUT2D eigenvalue weighted by Crippen LogP contribution is -2.17. The molecule has 1 heterocycles. The summed E-state index contributed by atoms with van der Waals surface area (Å²) >= 11 is 11.6. The summed E-state index contributed by atoms with van der Waals surface area (Å²) in [6, 6.07) is 3.28. The van der Waals surface area contributed by atoms with Gasteiger partial charge >= 0.3 is 0 Å². The molecule has 0 fully saturated rings. The van der Waals surface area contributed by atoms with Crippen LogP contribution in [0.25, 0.3) is 0 Å². The van der Waals surface area contributed by atoms with E-state index in [0.717, 1.165) is 6.33 Å². The van der Waals surface area contributed by atoms with Gasteiger partial charge < -0.3 is 5.73 Å². The summed E-state index contributed by atoms with van der Waals surface area (Å²) in [5, 5.41) is -0.104. The molecule has 0 saturated heterocycles. The van der Waals surface area contributed by atoms with Crippen LogP contribution < -0.4 is 10.5 Å². The topological polar surface area (TPSA) is 98.0 Å². The Labute approximate surface area is 132 Å². The molecular weight excluding hydrogens is 335 g/mol. The Morgan fingerprint density at radius 3 is 2.52 bits per heavy atom. The third-order valence-electron chi connectivity index (χ3n) is 2.89. The number of nitrogens with one attached hydrogen (secondary N) is 1. The minimum Gasteiger partial charge on any atom is -0.398 e. The van der Waals surface area contributed by atoms with Gasteiger partial charge in [-0.2, -0.15) is 0 Å². The Morgan fingerprint density at radius 2 is 1.86 bits per heavy atom. The zero-order chi connectivity index (χ0) is 15.8. The Balaban J connectivity index is 2.54. The zero-order valence-electron chi connectivity index (χ0n) is 11.2. The summed E-state index contributed by atoms with van der Waals surface area (Å²) in [6.07, 6.45) is 1.12. The minimum absolute atomic E-state index is 0.0367. The summed E-state index contributed by atoms with van der Waals surface area (Å²) in [7, 11) is -3.90. The second-order valence-electron chi connectivity index (χ2n) is 4.36. The number of hydrogen-bond acceptors (Lipinski definition) is 5. The first-order valence-corrected chi connectivity index (χ1v) is 8.02. The lowest BCUT2D eigenvalue weighted by atomic mass is 10.1. The van der Waals surface area contributed by atoms with Crippen molar-refractivity contribution in [2.75, 3.05) is 10.5 Å². The van der Waals surface area contributed by atoms with E-state index >= 15 is 0 Å². The highest BCUT2D eigenvalue weighted by molar-refractivity contribution is 7.92. The molecule has 0 aliphatic carbocycles. The molecule has 6 nitrogen and oxygen atoms in total. The second-order valence-corrected chi connectivity index (χ2v) is 6.71. The molecule has 0 aliphatic heterocycles. The third-order valence-corrected chi connectivity index (χ3v) is 5.26. The van der Waals surface area contributed by atoms with Gasteiger partial charge in [0.25, 0.3) is 10.0 Å². The van der Waals surface area contributed by atoms with Gasteiger partial charge in [0.2, 0.25) is 0 Å². The highest BCUT2D eigenvalue weighted by atomic mass is 35.5. The van der Waals surface area contributed by atoms with Crippen LogP contribution in [-0.2, 0) is 10.0 Å². The molecule has 0 radical (unpaired) electrons. The van der Waals surface area contributed by atoms with E-state index in [2.05, 4.69) is 14.7 Å². The number of rotatable bonds is 3. The largest absolute Gasteiger partial charge is 0.398 e. The van der Waals surface area contributed by atoms with Crippen LogP contribution in [-0.4, -0.2) is 18.4 Å². The summed E-state index contributed by atoms with van der Waals surface area (Å²) in [5.41, 5.74) is 7.17. The van der Waals surface area contributed by atoms with Crippen molar-refractivity contribution in [2.24, 2.45) is 0 Å². The third kappa shape index (κ3) is 3.04. The van der Waals surface area contributed by atoms with Gasteiger partial charge in [-0.15, -0.1) is 0 Å². The van der Waals surface area contributed by atoms with Gasteiger partial charge in [0.1, 0.15) is 11.3 Å². The molecule has 0 unspecified atom stereocenters. The van der Waals surface area contributed by atoms with Gasteiger partial charge in [0, 0.05) is 5.69 Å². The van der Waals surface area contributed by atoms with Crippen LogP contribution >= 0.6 is 23.2 Å². The lowest BCUT2D eigenvalue weighted by molar-refractivity contribution is 0.600. The predicted molar refractivity (Wildman–Crippen MR) is 83.2 cm³/mol. The maximum absolute atomic E-state index is 12.5. The molecule has 1 aromatic heterocycles. The summed E-state index contributed by atoms with van der Waals surface area (Å²) in [5.74, 6) is -0.0853. The van der Waals surface area contributed by atoms with Gasteiger partial charge in [-0.1, -0.05) is 29.3 Å². The van der Waals surface area contributed by atoms with E-state index in [9.17, 15) is 8.42 Å². The van der Waals surface area contributed by atoms with E-state index in [1.807, 2.05) is 0 Å². The van der Waals surface area contributed by atoms with E-state index in [4.69, 9.17) is 28.9 Å². The molecule has 0 saturated carbocycles. The van der Waals surface area contributed by atoms with E-state index in [0.29, 0.717) is 16.8 Å². The van der Waals surface area contributed by atoms with Gasteiger partial charge in [-0.3, -0.25) is 4.72 Å². The normalized spacial score (nSPS) is 11.4. The molecule has 21 heavy (non-hydrogen) atoms. The maximum atomic E-state index is 12.5. The van der Waals surface area contributed by atoms with Crippen LogP contribution in [0.3, 0.4) is 0 Å². The molecule has 0 spiro atoms. The molecular formula is C12H12Cl2N4O2S. The van der Waals surface area contributed by atoms with Crippen molar-refractivity contribution in [2.45, 2.75) is 18.7 Å². The Kier molecular flexibility index (Phi) is 4.27. The number of aromatic nitrogens is 2. The van der Waals surface area contributed by atoms with Crippen molar-refractivity contribution in [3.63, 3.8) is 0 Å². The fourth-order valence-corrected chi connectivity index (χ4v) is 3.71. The first-order chi connectivity index (χ1) is 9.74. The van der Waals surface area contributed by atoms with E-state index < -0.39 is 10.0 Å². The van der Waals surface area contributed by atoms with Gasteiger partial charge in [0.15, 0.2) is 11.0 Å². The monoisotopic (exact) mass is 346 g/mol. The van der Waals surface area contributed by atoms with Crippen LogP contribution in [0.5, 0.6) is 0 Å². The second kappa shape index (κ2) is 5.67. The highest BCUT2D eigenvalue weighted by Crippen LogP contribution is 2.30. The molecule has 0 aliphatic rings. The number of anilines is 2. The van der Waals surface area contributed by atoms with Crippen LogP contribution in [0.4, 0.5) is 11.5 Å². The molecule has 0 amide bonds. The average Bonchev–Trinajstić information content (AvgIpc) is 2.39. The van der Waals surface area contributed by atoms with Gasteiger partial charge in [-0.25, -0.2) is 18.4 Å². The standard InChI is InChI=1S/C12H12Cl2N4O2S/c1-6-3-4-8(15)7(2)10(6)21(19,20)18-12-9(13)11(14)16-5-17-12/h3-5H,15H2,1-2H3,(H,16,17,18). The molecule has 2 rings (SSSR count). The first-order valence-electron chi connectivity index (χ1n) is 5.78. The summed E-state index contributed by atoms with van der Waals surface area (Å²) in [6.45, 7) is 3.31. The smallest absolute Gasteiger partial charge is 0.263 e. The van der Waals surface area contributed by atoms with Crippen LogP contribution in [0.1, 0.15) is 11.1 Å². The number of nitrogens with two attached hydrogens (primary N) is 1. The van der Waals surface area contributed by atoms with Crippen molar-refractivity contribution < 1.29 is 8.42 Å². The summed E-state index contributed by atoms with van der Waals surface area (Å²) in [4.78, 5) is 7.53. The number of halogens is 2. The first kappa shape index (κ1) is 15.8. The molecule has 3 N–H and O–H groups in total. The number of aryl methyl sites for hydroxylation is 1. The Bertz CT molecular complexity index is 809. The fraction of sp³-hybridized carbons (Fsp3) is 0.167. The lowest BCUT2D eigenvalue weighted by Gasteiger charge is -2.14. The number of hydrogen-bond donors (Lipinski definition) is 2. The number of benzene rings is 1. The fourth-order valence-electron chi connectivity index (χ4n) is 1.85. The van der Waals surface area contributed by atoms with E-state index in [1.54, 1.807) is 26.0 Å². The zero-order valence-corrected chi connectivity index (χ0v) is 13.5. The van der Waals surface area contributed by atoms with Crippen molar-refractivity contribution in [1.29, 1.82) is 0 Å². The van der Waals surface area contributed by atoms with E-state index in [-0.39, 0.29) is 20.9 Å². The Hall–Kier alpha value is -1.57. The molecule has 9 heteroatoms. The van der Waals surface area contributed by atoms with Gasteiger partial charge in [0.05, 0.1) is 4.90 Å². The van der Waals surface area contributed by atoms with Crippen molar-refractivity contribution in [3.8, 4) is 0 Å². The molecule has 0 atom stereocenters. The molecule has 1 aromatic carbocycles. The number of sulfonamides is 1. The van der Waals surface area contributed by atoms with Gasteiger partial charge in [-0.05, 0) is 31.0 Å². The van der Waals surface area contributed by atoms with Crippen molar-refractivity contribution >= 4 is 44.7 Å². The number of nitrogen functional groups attached to an aromatic ring is 1. The average molecular weight is 347 g/mol. The van der Waals surface area contributed by atoms with Crippen LogP contribution in [0.2, 0.25) is 10.2 Å². The molecule has 2 aromatic rings. The minimum atomic E-state index is -3.90. The summed E-state index contributed by atoms with van der Waals surface area (Å²) < 4.78 is 27.4. The SMILES string of the molecule is Cc1ccc(N)c(C)c1S(=O)(=O)Nc1ncnc(Cl)c1Cl. The predicted octanol–water partition coefficient (Wildman–Crippen LogP) is 2.78. The quantitative estimate of drug-likeness (QED) is 0.657. The van der Waals surface area contributed by atoms with Crippen LogP contribution in [0.15, 0.2) is 23.4 Å². The Morgan fingerprint density at radius 1 is 1.19 bits per heavy atom. The molecule has 0 bridgehead atoms.